The lowest BCUT2D eigenvalue weighted by Gasteiger charge is -2.08. The van der Waals surface area contributed by atoms with Gasteiger partial charge in [0.15, 0.2) is 0 Å². The molecule has 2 heterocycles. The Bertz CT molecular complexity index is 712. The number of H-pyrrole nitrogens is 2. The van der Waals surface area contributed by atoms with Gasteiger partial charge in [0.05, 0.1) is 5.69 Å². The average molecular weight is 287 g/mol. The highest BCUT2D eigenvalue weighted by Crippen LogP contribution is 2.31. The summed E-state index contributed by atoms with van der Waals surface area (Å²) in [4.78, 5) is 32.4. The first-order valence-electron chi connectivity index (χ1n) is 7.06. The summed E-state index contributed by atoms with van der Waals surface area (Å²) in [6, 6.07) is 1.56. The number of aromatic nitrogens is 4. The fraction of sp³-hybridized carbons (Fsp3) is 0.429. The van der Waals surface area contributed by atoms with E-state index in [4.69, 9.17) is 0 Å². The van der Waals surface area contributed by atoms with Crippen LogP contribution in [0, 0.1) is 6.92 Å². The molecule has 0 aromatic carbocycles. The predicted molar refractivity (Wildman–Crippen MR) is 77.3 cm³/mol. The van der Waals surface area contributed by atoms with Gasteiger partial charge in [-0.3, -0.25) is 14.7 Å². The minimum atomic E-state index is -0.398. The third kappa shape index (κ3) is 2.72. The Balaban J connectivity index is 1.81. The van der Waals surface area contributed by atoms with Crippen LogP contribution < -0.4 is 10.9 Å². The maximum absolute atomic E-state index is 12.2. The molecule has 1 fully saturated rings. The molecule has 3 N–H and O–H groups in total. The Hall–Kier alpha value is -2.44. The predicted octanol–water partition coefficient (Wildman–Crippen LogP) is 1.71. The van der Waals surface area contributed by atoms with Gasteiger partial charge in [-0.05, 0) is 25.8 Å². The minimum Gasteiger partial charge on any atom is -0.314 e. The van der Waals surface area contributed by atoms with Gasteiger partial charge in [-0.1, -0.05) is 12.8 Å². The van der Waals surface area contributed by atoms with Crippen molar-refractivity contribution in [2.24, 2.45) is 0 Å². The number of aromatic amines is 2. The first-order valence-corrected chi connectivity index (χ1v) is 7.06. The maximum atomic E-state index is 12.2. The van der Waals surface area contributed by atoms with Crippen LogP contribution in [0.15, 0.2) is 17.1 Å². The van der Waals surface area contributed by atoms with Gasteiger partial charge in [-0.15, -0.1) is 0 Å². The number of hydrogen-bond acceptors (Lipinski definition) is 4. The number of nitrogens with zero attached hydrogens (tertiary/aromatic N) is 2. The van der Waals surface area contributed by atoms with Crippen LogP contribution in [0.5, 0.6) is 0 Å². The largest absolute Gasteiger partial charge is 0.314 e. The normalized spacial score (nSPS) is 15.3. The second kappa shape index (κ2) is 5.51. The van der Waals surface area contributed by atoms with E-state index in [-0.39, 0.29) is 16.9 Å². The van der Waals surface area contributed by atoms with Crippen LogP contribution in [-0.2, 0) is 0 Å². The van der Waals surface area contributed by atoms with Crippen molar-refractivity contribution in [1.82, 2.24) is 20.2 Å². The zero-order valence-electron chi connectivity index (χ0n) is 11.8. The molecule has 0 radical (unpaired) electrons. The van der Waals surface area contributed by atoms with Crippen LogP contribution in [0.3, 0.4) is 0 Å². The standard InChI is InChI=1S/C14H17N5O2/c1-8-11(14(21)19-18-8)17-13(20)10-6-7-15-12(16-10)9-4-2-3-5-9/h6-7,9H,2-5H2,1H3,(H,17,20)(H2,18,19,21). The van der Waals surface area contributed by atoms with Gasteiger partial charge < -0.3 is 10.4 Å². The van der Waals surface area contributed by atoms with Crippen LogP contribution >= 0.6 is 0 Å². The average Bonchev–Trinajstić information content (AvgIpc) is 3.13. The zero-order chi connectivity index (χ0) is 14.8. The fourth-order valence-corrected chi connectivity index (χ4v) is 2.65. The second-order valence-corrected chi connectivity index (χ2v) is 5.31. The molecule has 21 heavy (non-hydrogen) atoms. The van der Waals surface area contributed by atoms with Crippen molar-refractivity contribution < 1.29 is 4.79 Å². The molecule has 3 rings (SSSR count). The molecule has 0 atom stereocenters. The molecule has 2 aromatic rings. The van der Waals surface area contributed by atoms with Gasteiger partial charge in [-0.25, -0.2) is 9.97 Å². The van der Waals surface area contributed by atoms with Crippen molar-refractivity contribution in [3.05, 3.63) is 39.8 Å². The lowest BCUT2D eigenvalue weighted by Crippen LogP contribution is -2.19. The van der Waals surface area contributed by atoms with Crippen LogP contribution in [0.25, 0.3) is 0 Å². The monoisotopic (exact) mass is 287 g/mol. The third-order valence-corrected chi connectivity index (χ3v) is 3.83. The van der Waals surface area contributed by atoms with E-state index in [0.717, 1.165) is 18.7 Å². The lowest BCUT2D eigenvalue weighted by molar-refractivity contribution is 0.102. The van der Waals surface area contributed by atoms with Crippen LogP contribution in [0.1, 0.15) is 53.6 Å². The summed E-state index contributed by atoms with van der Waals surface area (Å²) >= 11 is 0. The molecule has 1 amide bonds. The Morgan fingerprint density at radius 2 is 2.10 bits per heavy atom. The molecule has 0 aliphatic heterocycles. The zero-order valence-corrected chi connectivity index (χ0v) is 11.8. The maximum Gasteiger partial charge on any atom is 0.287 e. The number of anilines is 1. The number of rotatable bonds is 3. The SMILES string of the molecule is Cc1[nH][nH]c(=O)c1NC(=O)c1ccnc(C2CCCC2)n1. The van der Waals surface area contributed by atoms with Gasteiger partial charge in [0.25, 0.3) is 11.5 Å². The molecule has 0 bridgehead atoms. The fourth-order valence-electron chi connectivity index (χ4n) is 2.65. The summed E-state index contributed by atoms with van der Waals surface area (Å²) in [5.74, 6) is 0.667. The van der Waals surface area contributed by atoms with E-state index in [1.54, 1.807) is 19.2 Å². The number of amides is 1. The Kier molecular flexibility index (Phi) is 3.55. The highest BCUT2D eigenvalue weighted by atomic mass is 16.2. The molecular weight excluding hydrogens is 270 g/mol. The highest BCUT2D eigenvalue weighted by Gasteiger charge is 2.21. The molecular formula is C14H17N5O2. The van der Waals surface area contributed by atoms with Crippen molar-refractivity contribution in [2.75, 3.05) is 5.32 Å². The van der Waals surface area contributed by atoms with Crippen LogP contribution in [-0.4, -0.2) is 26.1 Å². The Morgan fingerprint density at radius 3 is 2.76 bits per heavy atom. The summed E-state index contributed by atoms with van der Waals surface area (Å²) in [5.41, 5.74) is 0.734. The molecule has 110 valence electrons. The van der Waals surface area contributed by atoms with Crippen molar-refractivity contribution >= 4 is 11.6 Å². The summed E-state index contributed by atoms with van der Waals surface area (Å²) in [7, 11) is 0. The number of hydrogen-bond donors (Lipinski definition) is 3. The van der Waals surface area contributed by atoms with Gasteiger partial charge in [0, 0.05) is 12.1 Å². The Morgan fingerprint density at radius 1 is 1.33 bits per heavy atom. The highest BCUT2D eigenvalue weighted by molar-refractivity contribution is 6.02. The molecule has 1 saturated carbocycles. The minimum absolute atomic E-state index is 0.223. The lowest BCUT2D eigenvalue weighted by atomic mass is 10.1. The van der Waals surface area contributed by atoms with E-state index >= 15 is 0 Å². The summed E-state index contributed by atoms with van der Waals surface area (Å²) < 4.78 is 0. The molecule has 0 saturated heterocycles. The van der Waals surface area contributed by atoms with Gasteiger partial charge in [0.2, 0.25) is 0 Å². The molecule has 0 spiro atoms. The number of carbonyl (C=O) groups is 1. The van der Waals surface area contributed by atoms with Gasteiger partial charge in [0.1, 0.15) is 17.2 Å². The van der Waals surface area contributed by atoms with E-state index in [2.05, 4.69) is 25.5 Å². The van der Waals surface area contributed by atoms with Gasteiger partial charge >= 0.3 is 0 Å². The summed E-state index contributed by atoms with van der Waals surface area (Å²) in [6.45, 7) is 1.71. The van der Waals surface area contributed by atoms with E-state index in [0.29, 0.717) is 11.6 Å². The van der Waals surface area contributed by atoms with Crippen molar-refractivity contribution in [3.8, 4) is 0 Å². The van der Waals surface area contributed by atoms with Crippen molar-refractivity contribution in [3.63, 3.8) is 0 Å². The first kappa shape index (κ1) is 13.5. The molecule has 1 aliphatic carbocycles. The topological polar surface area (TPSA) is 104 Å². The quantitative estimate of drug-likeness (QED) is 0.799. The molecule has 1 aliphatic rings. The van der Waals surface area contributed by atoms with E-state index in [1.165, 1.54) is 12.8 Å². The molecule has 7 heteroatoms. The first-order chi connectivity index (χ1) is 10.1. The molecule has 2 aromatic heterocycles. The number of nitrogens with one attached hydrogen (secondary N) is 3. The summed E-state index contributed by atoms with van der Waals surface area (Å²) in [5, 5.41) is 7.68. The second-order valence-electron chi connectivity index (χ2n) is 5.31. The Labute approximate surface area is 121 Å². The van der Waals surface area contributed by atoms with E-state index < -0.39 is 5.91 Å². The summed E-state index contributed by atoms with van der Waals surface area (Å²) in [6.07, 6.45) is 6.11. The van der Waals surface area contributed by atoms with E-state index in [9.17, 15) is 9.59 Å². The molecule has 7 nitrogen and oxygen atoms in total. The molecule has 0 unspecified atom stereocenters. The number of carbonyl (C=O) groups excluding carboxylic acids is 1. The van der Waals surface area contributed by atoms with Crippen LogP contribution in [0.4, 0.5) is 5.69 Å². The van der Waals surface area contributed by atoms with Gasteiger partial charge in [-0.2, -0.15) is 0 Å². The smallest absolute Gasteiger partial charge is 0.287 e. The van der Waals surface area contributed by atoms with Crippen LogP contribution in [0.2, 0.25) is 0 Å². The third-order valence-electron chi connectivity index (χ3n) is 3.83. The van der Waals surface area contributed by atoms with E-state index in [1.807, 2.05) is 0 Å². The van der Waals surface area contributed by atoms with Crippen molar-refractivity contribution in [1.29, 1.82) is 0 Å². The van der Waals surface area contributed by atoms with Crippen molar-refractivity contribution in [2.45, 2.75) is 38.5 Å². The number of aryl methyl sites for hydroxylation is 1.